The zero-order valence-corrected chi connectivity index (χ0v) is 16.0. The van der Waals surface area contributed by atoms with Crippen LogP contribution in [0.5, 0.6) is 0 Å². The topological polar surface area (TPSA) is 116 Å². The van der Waals surface area contributed by atoms with Gasteiger partial charge in [-0.3, -0.25) is 10.1 Å². The van der Waals surface area contributed by atoms with E-state index in [0.29, 0.717) is 30.6 Å². The molecule has 0 aliphatic heterocycles. The molecule has 0 bridgehead atoms. The van der Waals surface area contributed by atoms with Crippen LogP contribution in [0.25, 0.3) is 11.1 Å². The molecule has 3 aromatic carbocycles. The van der Waals surface area contributed by atoms with Gasteiger partial charge in [0.05, 0.1) is 16.6 Å². The molecule has 3 rings (SSSR count). The Morgan fingerprint density at radius 1 is 1.10 bits per heavy atom. The van der Waals surface area contributed by atoms with Crippen LogP contribution in [0.3, 0.4) is 0 Å². The lowest BCUT2D eigenvalue weighted by atomic mass is 9.98. The first kappa shape index (κ1) is 20.7. The molecule has 0 aromatic heterocycles. The van der Waals surface area contributed by atoms with Crippen molar-refractivity contribution in [3.8, 4) is 17.2 Å². The largest absolute Gasteiger partial charge is 0.477 e. The number of aromatic carboxylic acids is 1. The molecule has 0 radical (unpaired) electrons. The van der Waals surface area contributed by atoms with Gasteiger partial charge in [-0.1, -0.05) is 54.6 Å². The van der Waals surface area contributed by atoms with Crippen molar-refractivity contribution in [2.24, 2.45) is 0 Å². The van der Waals surface area contributed by atoms with E-state index in [1.165, 1.54) is 12.1 Å². The minimum atomic E-state index is -1.32. The number of nitro groups is 1. The van der Waals surface area contributed by atoms with Crippen LogP contribution in [-0.4, -0.2) is 22.5 Å². The summed E-state index contributed by atoms with van der Waals surface area (Å²) in [7, 11) is 0. The van der Waals surface area contributed by atoms with Gasteiger partial charge in [-0.25, -0.2) is 4.79 Å². The summed E-state index contributed by atoms with van der Waals surface area (Å²) in [5, 5.41) is 33.2. The first-order valence-corrected chi connectivity index (χ1v) is 9.30. The van der Waals surface area contributed by atoms with E-state index < -0.39 is 10.9 Å². The van der Waals surface area contributed by atoms with Gasteiger partial charge in [0.15, 0.2) is 0 Å². The summed E-state index contributed by atoms with van der Waals surface area (Å²) in [5.41, 5.74) is 3.01. The Bertz CT molecular complexity index is 1120. The van der Waals surface area contributed by atoms with Gasteiger partial charge >= 0.3 is 5.97 Å². The van der Waals surface area contributed by atoms with Crippen molar-refractivity contribution < 1.29 is 14.8 Å². The molecule has 7 nitrogen and oxygen atoms in total. The highest BCUT2D eigenvalue weighted by atomic mass is 16.6. The third kappa shape index (κ3) is 4.69. The maximum absolute atomic E-state index is 11.3. The van der Waals surface area contributed by atoms with Crippen molar-refractivity contribution >= 4 is 11.7 Å². The van der Waals surface area contributed by atoms with Crippen LogP contribution in [0.4, 0.5) is 5.69 Å². The van der Waals surface area contributed by atoms with Gasteiger partial charge in [0.2, 0.25) is 0 Å². The van der Waals surface area contributed by atoms with Crippen LogP contribution in [0.2, 0.25) is 0 Å². The van der Waals surface area contributed by atoms with E-state index in [1.54, 1.807) is 6.07 Å². The summed E-state index contributed by atoms with van der Waals surface area (Å²) in [6.45, 7) is 0.905. The van der Waals surface area contributed by atoms with Crippen LogP contribution in [0, 0.1) is 21.4 Å². The molecule has 0 spiro atoms. The molecule has 0 amide bonds. The van der Waals surface area contributed by atoms with Crippen molar-refractivity contribution in [1.82, 2.24) is 5.32 Å². The minimum absolute atomic E-state index is 0.310. The maximum Gasteiger partial charge on any atom is 0.342 e. The molecule has 0 heterocycles. The third-order valence-electron chi connectivity index (χ3n) is 4.72. The van der Waals surface area contributed by atoms with Crippen LogP contribution < -0.4 is 5.32 Å². The van der Waals surface area contributed by atoms with E-state index in [9.17, 15) is 20.2 Å². The Kier molecular flexibility index (Phi) is 6.53. The Balaban J connectivity index is 1.67. The smallest absolute Gasteiger partial charge is 0.342 e. The van der Waals surface area contributed by atoms with E-state index in [2.05, 4.69) is 11.4 Å². The first-order chi connectivity index (χ1) is 14.5. The Labute approximate surface area is 173 Å². The number of benzene rings is 3. The molecule has 0 saturated carbocycles. The average Bonchev–Trinajstić information content (AvgIpc) is 2.76. The molecule has 7 heteroatoms. The quantitative estimate of drug-likeness (QED) is 0.332. The molecule has 150 valence electrons. The van der Waals surface area contributed by atoms with E-state index in [1.807, 2.05) is 48.5 Å². The summed E-state index contributed by atoms with van der Waals surface area (Å²) >= 11 is 0. The second-order valence-electron chi connectivity index (χ2n) is 6.66. The highest BCUT2D eigenvalue weighted by molar-refractivity contribution is 5.93. The number of rotatable bonds is 8. The molecule has 0 unspecified atom stereocenters. The number of para-hydroxylation sites is 1. The summed E-state index contributed by atoms with van der Waals surface area (Å²) in [5.74, 6) is -1.32. The number of carbonyl (C=O) groups is 1. The van der Waals surface area contributed by atoms with Gasteiger partial charge in [0, 0.05) is 12.1 Å². The number of nitro benzene ring substituents is 1. The number of hydrogen-bond donors (Lipinski definition) is 2. The lowest BCUT2D eigenvalue weighted by Gasteiger charge is -2.09. The molecule has 0 atom stereocenters. The van der Waals surface area contributed by atoms with Crippen LogP contribution in [-0.2, 0) is 13.0 Å². The number of nitrogens with zero attached hydrogens (tertiary/aromatic N) is 2. The highest BCUT2D eigenvalue weighted by Crippen LogP contribution is 2.25. The van der Waals surface area contributed by atoms with Gasteiger partial charge in [0.1, 0.15) is 5.56 Å². The predicted molar refractivity (Wildman–Crippen MR) is 112 cm³/mol. The van der Waals surface area contributed by atoms with Gasteiger partial charge in [-0.2, -0.15) is 5.26 Å². The second kappa shape index (κ2) is 9.45. The van der Waals surface area contributed by atoms with Crippen molar-refractivity contribution in [3.63, 3.8) is 0 Å². The summed E-state index contributed by atoms with van der Waals surface area (Å²) < 4.78 is 0. The predicted octanol–water partition coefficient (Wildman–Crippen LogP) is 4.16. The third-order valence-corrected chi connectivity index (χ3v) is 4.72. The fourth-order valence-electron chi connectivity index (χ4n) is 3.30. The van der Waals surface area contributed by atoms with E-state index in [0.717, 1.165) is 16.7 Å². The molecule has 0 saturated heterocycles. The monoisotopic (exact) mass is 401 g/mol. The Morgan fingerprint density at radius 3 is 2.53 bits per heavy atom. The number of carboxylic acids is 1. The normalized spacial score (nSPS) is 10.4. The molecular formula is C23H19N3O4. The fourth-order valence-corrected chi connectivity index (χ4v) is 3.30. The number of hydrogen-bond acceptors (Lipinski definition) is 5. The Hall–Kier alpha value is -4.02. The van der Waals surface area contributed by atoms with Gasteiger partial charge < -0.3 is 10.4 Å². The van der Waals surface area contributed by atoms with E-state index in [-0.39, 0.29) is 11.3 Å². The van der Waals surface area contributed by atoms with Crippen LogP contribution >= 0.6 is 0 Å². The van der Waals surface area contributed by atoms with E-state index >= 15 is 0 Å². The number of carboxylic acid groups (broad SMARTS) is 1. The minimum Gasteiger partial charge on any atom is -0.477 e. The lowest BCUT2D eigenvalue weighted by Crippen LogP contribution is -2.18. The van der Waals surface area contributed by atoms with Crippen molar-refractivity contribution in [3.05, 3.63) is 99.1 Å². The standard InChI is InChI=1S/C23H19N3O4/c24-14-19-13-16(9-10-20(19)17-5-2-1-3-6-17)15-25-12-11-18-7-4-8-21(23(27)28)22(18)26(29)30/h1-10,13,25H,11-12,15H2,(H,27,28). The highest BCUT2D eigenvalue weighted by Gasteiger charge is 2.23. The molecule has 30 heavy (non-hydrogen) atoms. The molecular weight excluding hydrogens is 382 g/mol. The van der Waals surface area contributed by atoms with E-state index in [4.69, 9.17) is 5.11 Å². The van der Waals surface area contributed by atoms with Crippen LogP contribution in [0.1, 0.15) is 27.0 Å². The molecule has 3 aromatic rings. The average molecular weight is 401 g/mol. The zero-order chi connectivity index (χ0) is 21.5. The first-order valence-electron chi connectivity index (χ1n) is 9.30. The van der Waals surface area contributed by atoms with Gasteiger partial charge in [0.25, 0.3) is 5.69 Å². The number of nitriles is 1. The van der Waals surface area contributed by atoms with Gasteiger partial charge in [-0.05, 0) is 41.8 Å². The van der Waals surface area contributed by atoms with Gasteiger partial charge in [-0.15, -0.1) is 0 Å². The van der Waals surface area contributed by atoms with Crippen molar-refractivity contribution in [2.45, 2.75) is 13.0 Å². The SMILES string of the molecule is N#Cc1cc(CNCCc2cccc(C(=O)O)c2[N+](=O)[O-])ccc1-c1ccccc1. The fraction of sp³-hybridized carbons (Fsp3) is 0.130. The second-order valence-corrected chi connectivity index (χ2v) is 6.66. The Morgan fingerprint density at radius 2 is 1.87 bits per heavy atom. The molecule has 0 fully saturated rings. The molecule has 0 aliphatic carbocycles. The number of nitrogens with one attached hydrogen (secondary N) is 1. The maximum atomic E-state index is 11.3. The molecule has 0 aliphatic rings. The van der Waals surface area contributed by atoms with Crippen molar-refractivity contribution in [2.75, 3.05) is 6.54 Å². The van der Waals surface area contributed by atoms with Crippen molar-refractivity contribution in [1.29, 1.82) is 5.26 Å². The lowest BCUT2D eigenvalue weighted by molar-refractivity contribution is -0.385. The summed E-state index contributed by atoms with van der Waals surface area (Å²) in [6.07, 6.45) is 0.310. The summed E-state index contributed by atoms with van der Waals surface area (Å²) in [4.78, 5) is 21.9. The summed E-state index contributed by atoms with van der Waals surface area (Å²) in [6, 6.07) is 21.9. The zero-order valence-electron chi connectivity index (χ0n) is 16.0. The molecule has 2 N–H and O–H groups in total. The van der Waals surface area contributed by atoms with Crippen LogP contribution in [0.15, 0.2) is 66.7 Å².